The van der Waals surface area contributed by atoms with E-state index in [-0.39, 0.29) is 11.7 Å². The number of aromatic nitrogens is 2. The zero-order valence-corrected chi connectivity index (χ0v) is 12.4. The highest BCUT2D eigenvalue weighted by atomic mass is 16.5. The first-order valence-electron chi connectivity index (χ1n) is 7.04. The molecule has 1 aliphatic rings. The van der Waals surface area contributed by atoms with Crippen molar-refractivity contribution in [1.82, 2.24) is 14.9 Å². The van der Waals surface area contributed by atoms with Crippen molar-refractivity contribution < 1.29 is 14.3 Å². The van der Waals surface area contributed by atoms with Crippen molar-refractivity contribution in [3.63, 3.8) is 0 Å². The molecular weight excluding hydrogens is 272 g/mol. The summed E-state index contributed by atoms with van der Waals surface area (Å²) < 4.78 is 6.75. The fraction of sp³-hybridized carbons (Fsp3) is 0.643. The SMILES string of the molecule is CC(C)(C(=O)NCC1CCOCC1)n1c[c]nc1C(N)=O. The molecule has 1 aromatic rings. The topological polar surface area (TPSA) is 99.2 Å². The number of nitrogens with one attached hydrogen (secondary N) is 1. The van der Waals surface area contributed by atoms with E-state index in [0.717, 1.165) is 26.1 Å². The molecule has 1 aliphatic heterocycles. The normalized spacial score (nSPS) is 16.7. The van der Waals surface area contributed by atoms with Gasteiger partial charge in [-0.1, -0.05) is 0 Å². The average molecular weight is 293 g/mol. The molecule has 0 aromatic carbocycles. The summed E-state index contributed by atoms with van der Waals surface area (Å²) in [5, 5.41) is 2.94. The van der Waals surface area contributed by atoms with Gasteiger partial charge in [-0.05, 0) is 32.6 Å². The molecule has 2 rings (SSSR count). The Bertz CT molecular complexity index is 518. The zero-order valence-electron chi connectivity index (χ0n) is 12.4. The summed E-state index contributed by atoms with van der Waals surface area (Å²) in [6.07, 6.45) is 5.93. The van der Waals surface area contributed by atoms with E-state index in [9.17, 15) is 9.59 Å². The Kier molecular flexibility index (Phi) is 4.62. The van der Waals surface area contributed by atoms with Gasteiger partial charge in [-0.15, -0.1) is 0 Å². The molecule has 1 fully saturated rings. The Morgan fingerprint density at radius 3 is 2.81 bits per heavy atom. The number of rotatable bonds is 5. The van der Waals surface area contributed by atoms with Crippen LogP contribution in [0.4, 0.5) is 0 Å². The van der Waals surface area contributed by atoms with Crippen LogP contribution in [-0.2, 0) is 15.1 Å². The number of hydrogen-bond donors (Lipinski definition) is 2. The highest BCUT2D eigenvalue weighted by molar-refractivity contribution is 5.91. The number of imidazole rings is 1. The highest BCUT2D eigenvalue weighted by Crippen LogP contribution is 2.19. The lowest BCUT2D eigenvalue weighted by Gasteiger charge is -2.28. The minimum Gasteiger partial charge on any atom is -0.381 e. The van der Waals surface area contributed by atoms with Crippen LogP contribution in [-0.4, -0.2) is 41.1 Å². The lowest BCUT2D eigenvalue weighted by atomic mass is 9.99. The molecule has 0 aliphatic carbocycles. The predicted molar refractivity (Wildman–Crippen MR) is 75.5 cm³/mol. The minimum atomic E-state index is -0.956. The molecule has 0 spiro atoms. The number of hydrogen-bond acceptors (Lipinski definition) is 4. The van der Waals surface area contributed by atoms with Crippen LogP contribution in [0.25, 0.3) is 0 Å². The maximum atomic E-state index is 12.4. The predicted octanol–water partition coefficient (Wildman–Crippen LogP) is 0.0601. The van der Waals surface area contributed by atoms with Gasteiger partial charge in [-0.25, -0.2) is 4.98 Å². The van der Waals surface area contributed by atoms with Gasteiger partial charge in [0, 0.05) is 26.0 Å². The fourth-order valence-electron chi connectivity index (χ4n) is 2.38. The van der Waals surface area contributed by atoms with Crippen molar-refractivity contribution in [2.24, 2.45) is 11.7 Å². The van der Waals surface area contributed by atoms with Crippen LogP contribution >= 0.6 is 0 Å². The van der Waals surface area contributed by atoms with Crippen LogP contribution in [0.1, 0.15) is 37.3 Å². The van der Waals surface area contributed by atoms with Gasteiger partial charge in [0.05, 0.1) is 0 Å². The van der Waals surface area contributed by atoms with E-state index in [0.29, 0.717) is 12.5 Å². The first kappa shape index (κ1) is 15.5. The third kappa shape index (κ3) is 3.41. The molecule has 7 heteroatoms. The second-order valence-corrected chi connectivity index (χ2v) is 5.75. The summed E-state index contributed by atoms with van der Waals surface area (Å²) in [4.78, 5) is 27.5. The smallest absolute Gasteiger partial charge is 0.284 e. The lowest BCUT2D eigenvalue weighted by molar-refractivity contribution is -0.128. The Morgan fingerprint density at radius 1 is 1.52 bits per heavy atom. The van der Waals surface area contributed by atoms with Gasteiger partial charge in [0.15, 0.2) is 5.82 Å². The third-order valence-corrected chi connectivity index (χ3v) is 3.86. The molecule has 2 heterocycles. The third-order valence-electron chi connectivity index (χ3n) is 3.86. The zero-order chi connectivity index (χ0) is 15.5. The van der Waals surface area contributed by atoms with Gasteiger partial charge in [0.1, 0.15) is 11.7 Å². The second-order valence-electron chi connectivity index (χ2n) is 5.75. The maximum Gasteiger partial charge on any atom is 0.284 e. The Morgan fingerprint density at radius 2 is 2.19 bits per heavy atom. The van der Waals surface area contributed by atoms with Gasteiger partial charge in [0.25, 0.3) is 5.91 Å². The number of primary amides is 1. The summed E-state index contributed by atoms with van der Waals surface area (Å²) >= 11 is 0. The number of amides is 2. The Hall–Kier alpha value is -1.89. The number of carbonyl (C=O) groups is 2. The Labute approximate surface area is 123 Å². The van der Waals surface area contributed by atoms with Gasteiger partial charge < -0.3 is 20.4 Å². The van der Waals surface area contributed by atoms with Crippen molar-refractivity contribution in [2.45, 2.75) is 32.2 Å². The molecule has 2 amide bonds. The van der Waals surface area contributed by atoms with Crippen LogP contribution in [0.15, 0.2) is 6.20 Å². The number of carbonyl (C=O) groups excluding carboxylic acids is 2. The van der Waals surface area contributed by atoms with E-state index < -0.39 is 11.4 Å². The van der Waals surface area contributed by atoms with Crippen molar-refractivity contribution in [1.29, 1.82) is 0 Å². The number of nitrogens with two attached hydrogens (primary N) is 1. The monoisotopic (exact) mass is 293 g/mol. The summed E-state index contributed by atoms with van der Waals surface area (Å²) in [5.74, 6) is -0.394. The van der Waals surface area contributed by atoms with Crippen LogP contribution in [0.3, 0.4) is 0 Å². The van der Waals surface area contributed by atoms with Crippen molar-refractivity contribution in [3.05, 3.63) is 18.2 Å². The molecule has 7 nitrogen and oxygen atoms in total. The van der Waals surface area contributed by atoms with E-state index in [4.69, 9.17) is 10.5 Å². The van der Waals surface area contributed by atoms with Crippen LogP contribution in [0.2, 0.25) is 0 Å². The van der Waals surface area contributed by atoms with Crippen molar-refractivity contribution in [2.75, 3.05) is 19.8 Å². The minimum absolute atomic E-state index is 0.0289. The van der Waals surface area contributed by atoms with E-state index in [2.05, 4.69) is 16.5 Å². The van der Waals surface area contributed by atoms with Crippen molar-refractivity contribution in [3.8, 4) is 0 Å². The molecule has 1 saturated heterocycles. The standard InChI is InChI=1S/C14H21N4O3/c1-14(2,18-6-5-16-12(18)11(15)19)13(20)17-9-10-3-7-21-8-4-10/h6,10H,3-4,7-9H2,1-2H3,(H2,15,19)(H,17,20). The molecule has 3 N–H and O–H groups in total. The summed E-state index contributed by atoms with van der Waals surface area (Å²) in [6, 6.07) is 0. The van der Waals surface area contributed by atoms with Crippen molar-refractivity contribution >= 4 is 11.8 Å². The molecule has 0 saturated carbocycles. The van der Waals surface area contributed by atoms with Crippen LogP contribution < -0.4 is 11.1 Å². The molecule has 0 atom stereocenters. The maximum absolute atomic E-state index is 12.4. The van der Waals surface area contributed by atoms with E-state index in [1.54, 1.807) is 13.8 Å². The lowest BCUT2D eigenvalue weighted by Crippen LogP contribution is -2.47. The first-order chi connectivity index (χ1) is 9.93. The summed E-state index contributed by atoms with van der Waals surface area (Å²) in [5.41, 5.74) is 4.30. The molecule has 1 radical (unpaired) electrons. The average Bonchev–Trinajstić information content (AvgIpc) is 2.96. The van der Waals surface area contributed by atoms with Crippen LogP contribution in [0, 0.1) is 12.1 Å². The van der Waals surface area contributed by atoms with Gasteiger partial charge >= 0.3 is 0 Å². The second kappa shape index (κ2) is 6.26. The van der Waals surface area contributed by atoms with E-state index in [1.165, 1.54) is 10.8 Å². The first-order valence-corrected chi connectivity index (χ1v) is 7.04. The van der Waals surface area contributed by atoms with Gasteiger partial charge in [-0.3, -0.25) is 9.59 Å². The highest BCUT2D eigenvalue weighted by Gasteiger charge is 2.33. The summed E-state index contributed by atoms with van der Waals surface area (Å²) in [7, 11) is 0. The largest absolute Gasteiger partial charge is 0.381 e. The number of ether oxygens (including phenoxy) is 1. The molecule has 1 aromatic heterocycles. The molecular formula is C14H21N4O3. The molecule has 0 unspecified atom stereocenters. The van der Waals surface area contributed by atoms with Crippen LogP contribution in [0.5, 0.6) is 0 Å². The molecule has 21 heavy (non-hydrogen) atoms. The number of nitrogens with zero attached hydrogens (tertiary/aromatic N) is 2. The van der Waals surface area contributed by atoms with E-state index in [1.807, 2.05) is 0 Å². The quantitative estimate of drug-likeness (QED) is 0.802. The summed E-state index contributed by atoms with van der Waals surface area (Å²) in [6.45, 7) is 5.52. The molecule has 0 bridgehead atoms. The Balaban J connectivity index is 2.02. The fourth-order valence-corrected chi connectivity index (χ4v) is 2.38. The van der Waals surface area contributed by atoms with E-state index >= 15 is 0 Å². The van der Waals surface area contributed by atoms with Gasteiger partial charge in [0.2, 0.25) is 5.91 Å². The molecule has 115 valence electrons. The van der Waals surface area contributed by atoms with Gasteiger partial charge in [-0.2, -0.15) is 0 Å².